The summed E-state index contributed by atoms with van der Waals surface area (Å²) < 4.78 is 8.02. The number of anilines is 1. The van der Waals surface area contributed by atoms with Gasteiger partial charge >= 0.3 is 6.01 Å². The number of nitrogens with one attached hydrogen (secondary N) is 1. The Balaban J connectivity index is 2.47. The van der Waals surface area contributed by atoms with Crippen molar-refractivity contribution in [3.8, 4) is 17.3 Å². The van der Waals surface area contributed by atoms with Crippen molar-refractivity contribution >= 4 is 22.4 Å². The van der Waals surface area contributed by atoms with Crippen LogP contribution in [0.5, 0.6) is 6.01 Å². The highest BCUT2D eigenvalue weighted by atomic mass is 28.4. The molecule has 2 rings (SSSR count). The Morgan fingerprint density at radius 3 is 2.32 bits per heavy atom. The summed E-state index contributed by atoms with van der Waals surface area (Å²) in [6.07, 6.45) is 3.89. The molecule has 0 amide bonds. The molecule has 0 radical (unpaired) electrons. The van der Waals surface area contributed by atoms with Crippen LogP contribution in [0.2, 0.25) is 39.3 Å². The summed E-state index contributed by atoms with van der Waals surface area (Å²) in [4.78, 5) is 12.7. The Bertz CT molecular complexity index is 656. The molecule has 0 aromatic carbocycles. The molecule has 22 heavy (non-hydrogen) atoms. The number of rotatable bonds is 5. The van der Waals surface area contributed by atoms with Crippen molar-refractivity contribution in [2.24, 2.45) is 7.05 Å². The third-order valence-corrected chi connectivity index (χ3v) is 4.66. The number of hydrogen-bond donors (Lipinski definition) is 1. The molecule has 0 saturated carbocycles. The predicted molar refractivity (Wildman–Crippen MR) is 97.4 cm³/mol. The molecule has 0 atom stereocenters. The van der Waals surface area contributed by atoms with Gasteiger partial charge in [-0.3, -0.25) is 0 Å². The molecule has 2 heterocycles. The molecule has 1 N–H and O–H groups in total. The van der Waals surface area contributed by atoms with E-state index >= 15 is 0 Å². The van der Waals surface area contributed by atoms with E-state index in [-0.39, 0.29) is 0 Å². The first-order chi connectivity index (χ1) is 10.1. The van der Waals surface area contributed by atoms with E-state index in [0.29, 0.717) is 6.01 Å². The maximum Gasteiger partial charge on any atom is 0.304 e. The van der Waals surface area contributed by atoms with Gasteiger partial charge in [-0.1, -0.05) is 19.6 Å². The summed E-state index contributed by atoms with van der Waals surface area (Å²) in [6, 6.07) is 4.57. The lowest BCUT2D eigenvalue weighted by molar-refractivity contribution is 0.510. The van der Waals surface area contributed by atoms with Crippen LogP contribution >= 0.6 is 0 Å². The van der Waals surface area contributed by atoms with E-state index < -0.39 is 16.6 Å². The quantitative estimate of drug-likeness (QED) is 0.841. The largest absolute Gasteiger partial charge is 0.518 e. The Hall–Kier alpha value is -1.61. The Morgan fingerprint density at radius 2 is 1.82 bits per heavy atom. The van der Waals surface area contributed by atoms with Crippen LogP contribution in [0.15, 0.2) is 24.5 Å². The van der Waals surface area contributed by atoms with Crippen LogP contribution in [0.3, 0.4) is 0 Å². The fourth-order valence-corrected chi connectivity index (χ4v) is 3.61. The molecule has 120 valence electrons. The zero-order chi connectivity index (χ0) is 16.5. The summed E-state index contributed by atoms with van der Waals surface area (Å²) in [6.45, 7) is 13.2. The summed E-state index contributed by atoms with van der Waals surface area (Å²) in [5.74, 6) is 0.865. The Morgan fingerprint density at radius 1 is 1.14 bits per heavy atom. The van der Waals surface area contributed by atoms with Crippen LogP contribution in [-0.4, -0.2) is 31.1 Å². The number of aryl methyl sites for hydroxylation is 1. The first-order valence-electron chi connectivity index (χ1n) is 7.51. The van der Waals surface area contributed by atoms with Crippen LogP contribution in [0.25, 0.3) is 11.3 Å². The van der Waals surface area contributed by atoms with E-state index in [1.807, 2.05) is 25.5 Å². The molecule has 0 fully saturated rings. The predicted octanol–water partition coefficient (Wildman–Crippen LogP) is 3.94. The van der Waals surface area contributed by atoms with Gasteiger partial charge in [0.25, 0.3) is 0 Å². The van der Waals surface area contributed by atoms with Crippen molar-refractivity contribution in [1.29, 1.82) is 0 Å². The summed E-state index contributed by atoms with van der Waals surface area (Å²) in [5, 5.41) is 0. The average molecular weight is 335 g/mol. The van der Waals surface area contributed by atoms with Crippen LogP contribution in [0, 0.1) is 0 Å². The highest BCUT2D eigenvalue weighted by Crippen LogP contribution is 2.29. The van der Waals surface area contributed by atoms with Gasteiger partial charge in [0.2, 0.25) is 8.32 Å². The molecular weight excluding hydrogens is 308 g/mol. The molecule has 0 unspecified atom stereocenters. The molecule has 0 aliphatic heterocycles. The van der Waals surface area contributed by atoms with E-state index in [1.165, 1.54) is 0 Å². The van der Waals surface area contributed by atoms with Crippen LogP contribution < -0.4 is 9.41 Å². The van der Waals surface area contributed by atoms with Gasteiger partial charge in [0.05, 0.1) is 11.3 Å². The van der Waals surface area contributed by atoms with Crippen LogP contribution in [0.1, 0.15) is 0 Å². The second kappa shape index (κ2) is 5.88. The zero-order valence-corrected chi connectivity index (χ0v) is 16.6. The zero-order valence-electron chi connectivity index (χ0n) is 14.6. The normalized spacial score (nSPS) is 12.3. The number of hydrogen-bond acceptors (Lipinski definition) is 4. The minimum atomic E-state index is -1.72. The molecule has 2 aromatic rings. The van der Waals surface area contributed by atoms with Crippen molar-refractivity contribution < 1.29 is 4.43 Å². The van der Waals surface area contributed by atoms with Crippen molar-refractivity contribution in [2.75, 3.05) is 4.98 Å². The third kappa shape index (κ3) is 4.44. The van der Waals surface area contributed by atoms with Gasteiger partial charge in [-0.15, -0.1) is 0 Å². The SMILES string of the molecule is Cn1cccc1-c1cnc(O[Si](C)(C)C)nc1N[Si](C)(C)C. The minimum absolute atomic E-state index is 0.470. The van der Waals surface area contributed by atoms with E-state index in [2.05, 4.69) is 64.9 Å². The third-order valence-electron chi connectivity index (χ3n) is 2.88. The standard InChI is InChI=1S/C15H26N4OSi2/c1-19-10-8-9-13(19)12-11-16-15(20-22(5,6)7)17-14(12)18-21(2,3)4/h8-11H,1-7H3,(H,16,17,18). The molecular formula is C15H26N4OSi2. The molecule has 0 aliphatic carbocycles. The molecule has 7 heteroatoms. The molecule has 0 saturated heterocycles. The first-order valence-corrected chi connectivity index (χ1v) is 14.4. The molecule has 0 aliphatic rings. The van der Waals surface area contributed by atoms with Gasteiger partial charge in [-0.05, 0) is 31.8 Å². The first kappa shape index (κ1) is 16.8. The summed E-state index contributed by atoms with van der Waals surface area (Å²) in [7, 11) is -1.23. The van der Waals surface area contributed by atoms with Crippen molar-refractivity contribution in [1.82, 2.24) is 14.5 Å². The summed E-state index contributed by atoms with van der Waals surface area (Å²) >= 11 is 0. The van der Waals surface area contributed by atoms with Gasteiger partial charge in [-0.25, -0.2) is 4.98 Å². The minimum Gasteiger partial charge on any atom is -0.518 e. The van der Waals surface area contributed by atoms with Crippen molar-refractivity contribution in [2.45, 2.75) is 39.3 Å². The molecule has 0 spiro atoms. The van der Waals surface area contributed by atoms with Crippen LogP contribution in [0.4, 0.5) is 5.82 Å². The Labute approximate surface area is 135 Å². The van der Waals surface area contributed by atoms with Gasteiger partial charge in [0.15, 0.2) is 0 Å². The van der Waals surface area contributed by atoms with Gasteiger partial charge < -0.3 is 14.0 Å². The number of nitrogens with zero attached hydrogens (tertiary/aromatic N) is 3. The van der Waals surface area contributed by atoms with Crippen molar-refractivity contribution in [3.63, 3.8) is 0 Å². The molecule has 0 bridgehead atoms. The van der Waals surface area contributed by atoms with Gasteiger partial charge in [-0.2, -0.15) is 4.98 Å². The second-order valence-corrected chi connectivity index (χ2v) is 16.7. The smallest absolute Gasteiger partial charge is 0.304 e. The summed E-state index contributed by atoms with van der Waals surface area (Å²) in [5.41, 5.74) is 2.11. The molecule has 5 nitrogen and oxygen atoms in total. The lowest BCUT2D eigenvalue weighted by Crippen LogP contribution is -2.34. The second-order valence-electron chi connectivity index (χ2n) is 7.51. The molecule has 2 aromatic heterocycles. The van der Waals surface area contributed by atoms with E-state index in [0.717, 1.165) is 17.1 Å². The van der Waals surface area contributed by atoms with E-state index in [9.17, 15) is 0 Å². The Kier molecular flexibility index (Phi) is 4.48. The average Bonchev–Trinajstić information content (AvgIpc) is 2.71. The van der Waals surface area contributed by atoms with Gasteiger partial charge in [0.1, 0.15) is 14.1 Å². The number of aromatic nitrogens is 3. The highest BCUT2D eigenvalue weighted by Gasteiger charge is 2.22. The fourth-order valence-electron chi connectivity index (χ4n) is 2.07. The fraction of sp³-hybridized carbons (Fsp3) is 0.467. The highest BCUT2D eigenvalue weighted by molar-refractivity contribution is 6.79. The topological polar surface area (TPSA) is 52.0 Å². The maximum atomic E-state index is 5.94. The van der Waals surface area contributed by atoms with Crippen LogP contribution in [-0.2, 0) is 7.05 Å². The van der Waals surface area contributed by atoms with E-state index in [1.54, 1.807) is 0 Å². The van der Waals surface area contributed by atoms with Crippen molar-refractivity contribution in [3.05, 3.63) is 24.5 Å². The van der Waals surface area contributed by atoms with E-state index in [4.69, 9.17) is 4.43 Å². The lowest BCUT2D eigenvalue weighted by Gasteiger charge is -2.23. The van der Waals surface area contributed by atoms with Gasteiger partial charge in [0, 0.05) is 19.4 Å². The lowest BCUT2D eigenvalue weighted by atomic mass is 10.2. The maximum absolute atomic E-state index is 5.94. The monoisotopic (exact) mass is 334 g/mol.